The second-order valence-corrected chi connectivity index (χ2v) is 15.1. The number of aromatic amines is 2. The van der Waals surface area contributed by atoms with Gasteiger partial charge in [-0.15, -0.1) is 0 Å². The number of benzene rings is 3. The fraction of sp³-hybridized carbons (Fsp3) is 0.167. The van der Waals surface area contributed by atoms with E-state index in [0.29, 0.717) is 25.0 Å². The molecule has 0 aliphatic heterocycles. The van der Waals surface area contributed by atoms with E-state index in [1.54, 1.807) is 0 Å². The van der Waals surface area contributed by atoms with E-state index in [-0.39, 0.29) is 0 Å². The van der Waals surface area contributed by atoms with E-state index in [0.717, 1.165) is 56.2 Å². The molecule has 2 heterocycles. The third kappa shape index (κ3) is 19.3. The summed E-state index contributed by atoms with van der Waals surface area (Å²) in [5.74, 6) is 1.62. The van der Waals surface area contributed by atoms with Gasteiger partial charge in [0.15, 0.2) is 0 Å². The molecule has 0 saturated heterocycles. The molecule has 5 rings (SSSR count). The van der Waals surface area contributed by atoms with Crippen LogP contribution in [0.5, 0.6) is 0 Å². The molecule has 18 nitrogen and oxygen atoms in total. The highest BCUT2D eigenvalue weighted by Gasteiger charge is 2.10. The lowest BCUT2D eigenvalue weighted by molar-refractivity contribution is 0.488. The van der Waals surface area contributed by atoms with Gasteiger partial charge >= 0.3 is 0 Å². The van der Waals surface area contributed by atoms with Crippen LogP contribution in [0.15, 0.2) is 60.7 Å². The summed E-state index contributed by atoms with van der Waals surface area (Å²) >= 11 is 0. The number of imidazole rings is 2. The number of H-pyrrole nitrogens is 2. The van der Waals surface area contributed by atoms with Crippen LogP contribution in [-0.4, -0.2) is 96.8 Å². The Morgan fingerprint density at radius 2 is 0.739 bits per heavy atom. The summed E-state index contributed by atoms with van der Waals surface area (Å²) in [7, 11) is -14.7. The van der Waals surface area contributed by atoms with Gasteiger partial charge in [-0.05, 0) is 60.7 Å². The molecule has 254 valence electrons. The molecule has 3 aromatic carbocycles. The molecule has 5 aromatic rings. The van der Waals surface area contributed by atoms with Crippen LogP contribution in [0.3, 0.4) is 0 Å². The van der Waals surface area contributed by atoms with Crippen LogP contribution in [0.25, 0.3) is 44.8 Å². The van der Waals surface area contributed by atoms with Gasteiger partial charge in [0.2, 0.25) is 0 Å². The van der Waals surface area contributed by atoms with Crippen LogP contribution in [0.1, 0.15) is 0 Å². The van der Waals surface area contributed by atoms with Crippen molar-refractivity contribution in [1.29, 1.82) is 0 Å². The summed E-state index contributed by atoms with van der Waals surface area (Å²) in [5, 5.41) is 0. The monoisotopic (exact) mass is 724 g/mol. The number of nitrogens with one attached hydrogen (secondary N) is 2. The SMILES string of the molecule is CS(=O)(=O)O.CS(=O)(=O)O.CS(=O)(=O)O.CS(=O)(=O)O.Nc1ccc(-c2nc3cc4nc(-c5ccc(N)cc5)[nH]c4cc3[nH]2)cc1. The molecule has 0 bridgehead atoms. The first-order valence-corrected chi connectivity index (χ1v) is 19.4. The zero-order valence-electron chi connectivity index (χ0n) is 24.5. The number of nitrogen functional groups attached to an aromatic ring is 2. The summed E-state index contributed by atoms with van der Waals surface area (Å²) in [4.78, 5) is 16.1. The summed E-state index contributed by atoms with van der Waals surface area (Å²) in [6, 6.07) is 19.3. The van der Waals surface area contributed by atoms with Crippen molar-refractivity contribution >= 4 is 73.9 Å². The maximum atomic E-state index is 9.19. The van der Waals surface area contributed by atoms with Gasteiger partial charge in [0.1, 0.15) is 11.6 Å². The van der Waals surface area contributed by atoms with Crippen molar-refractivity contribution in [1.82, 2.24) is 19.9 Å². The summed E-state index contributed by atoms with van der Waals surface area (Å²) in [6.45, 7) is 0. The lowest BCUT2D eigenvalue weighted by Gasteiger charge is -1.96. The fourth-order valence-electron chi connectivity index (χ4n) is 3.07. The Bertz CT molecular complexity index is 1900. The van der Waals surface area contributed by atoms with Crippen LogP contribution >= 0.6 is 0 Å². The molecule has 0 amide bonds. The van der Waals surface area contributed by atoms with Gasteiger partial charge in [-0.2, -0.15) is 33.7 Å². The topological polar surface area (TPSA) is 327 Å². The standard InChI is InChI=1S/C20H16N6.4CH4O3S/c21-13-5-1-11(2-6-13)19-23-15-9-17-18(10-16(15)24-19)26-20(25-17)12-3-7-14(22)8-4-12;4*1-5(2,3)4/h1-10H,21-22H2,(H,23,24)(H,25,26);4*1H3,(H,2,3,4). The summed E-state index contributed by atoms with van der Waals surface area (Å²) < 4.78 is 103. The van der Waals surface area contributed by atoms with Crippen LogP contribution < -0.4 is 11.5 Å². The minimum absolute atomic E-state index is 0.715. The number of hydrogen-bond acceptors (Lipinski definition) is 12. The highest BCUT2D eigenvalue weighted by Crippen LogP contribution is 2.27. The van der Waals surface area contributed by atoms with Crippen LogP contribution in [0, 0.1) is 0 Å². The second kappa shape index (κ2) is 15.9. The molecule has 0 atom stereocenters. The van der Waals surface area contributed by atoms with Gasteiger partial charge in [0.05, 0.1) is 47.1 Å². The third-order valence-electron chi connectivity index (χ3n) is 4.45. The number of anilines is 2. The average molecular weight is 725 g/mol. The molecule has 0 spiro atoms. The quantitative estimate of drug-likeness (QED) is 0.0952. The summed E-state index contributed by atoms with van der Waals surface area (Å²) in [5.41, 5.74) is 18.6. The van der Waals surface area contributed by atoms with Crippen molar-refractivity contribution in [2.45, 2.75) is 0 Å². The number of nitrogens with two attached hydrogens (primary N) is 2. The first-order valence-electron chi connectivity index (χ1n) is 12.0. The Morgan fingerprint density at radius 3 is 0.978 bits per heavy atom. The van der Waals surface area contributed by atoms with Crippen molar-refractivity contribution < 1.29 is 51.9 Å². The Hall–Kier alpha value is -4.16. The van der Waals surface area contributed by atoms with E-state index in [9.17, 15) is 33.7 Å². The number of rotatable bonds is 2. The molecule has 0 fully saturated rings. The number of fused-ring (bicyclic) bond motifs is 2. The Kier molecular flexibility index (Phi) is 13.8. The van der Waals surface area contributed by atoms with Crippen LogP contribution in [-0.2, 0) is 40.5 Å². The molecule has 10 N–H and O–H groups in total. The van der Waals surface area contributed by atoms with E-state index in [1.165, 1.54) is 0 Å². The first-order chi connectivity index (χ1) is 20.7. The Balaban J connectivity index is 0.000000435. The molecular weight excluding hydrogens is 693 g/mol. The lowest BCUT2D eigenvalue weighted by atomic mass is 10.2. The van der Waals surface area contributed by atoms with Crippen molar-refractivity contribution in [2.24, 2.45) is 0 Å². The van der Waals surface area contributed by atoms with Gasteiger partial charge in [0.25, 0.3) is 40.5 Å². The third-order valence-corrected chi connectivity index (χ3v) is 4.45. The summed E-state index contributed by atoms with van der Waals surface area (Å²) in [6.07, 6.45) is 2.86. The van der Waals surface area contributed by atoms with Crippen molar-refractivity contribution in [3.05, 3.63) is 60.7 Å². The maximum Gasteiger partial charge on any atom is 0.261 e. The highest BCUT2D eigenvalue weighted by molar-refractivity contribution is 7.85. The number of hydrogen-bond donors (Lipinski definition) is 8. The molecule has 0 radical (unpaired) electrons. The van der Waals surface area contributed by atoms with E-state index in [4.69, 9.17) is 29.7 Å². The molecule has 0 saturated carbocycles. The average Bonchev–Trinajstić information content (AvgIpc) is 3.42. The largest absolute Gasteiger partial charge is 0.399 e. The maximum absolute atomic E-state index is 9.19. The Labute approximate surface area is 264 Å². The molecule has 46 heavy (non-hydrogen) atoms. The minimum atomic E-state index is -3.67. The molecule has 22 heteroatoms. The van der Waals surface area contributed by atoms with E-state index in [2.05, 4.69) is 19.9 Å². The Morgan fingerprint density at radius 1 is 0.500 bits per heavy atom. The van der Waals surface area contributed by atoms with Crippen molar-refractivity contribution in [2.75, 3.05) is 36.5 Å². The predicted molar refractivity (Wildman–Crippen MR) is 175 cm³/mol. The smallest absolute Gasteiger partial charge is 0.261 e. The zero-order valence-corrected chi connectivity index (χ0v) is 27.8. The van der Waals surface area contributed by atoms with Gasteiger partial charge in [0, 0.05) is 22.5 Å². The van der Waals surface area contributed by atoms with Crippen molar-refractivity contribution in [3.63, 3.8) is 0 Å². The second-order valence-electron chi connectivity index (χ2n) is 9.23. The number of aromatic nitrogens is 4. The van der Waals surface area contributed by atoms with Gasteiger partial charge in [-0.25, -0.2) is 9.97 Å². The molecule has 2 aromatic heterocycles. The van der Waals surface area contributed by atoms with E-state index in [1.807, 2.05) is 60.7 Å². The highest BCUT2D eigenvalue weighted by atomic mass is 32.2. The molecular formula is C24H32N6O12S4. The minimum Gasteiger partial charge on any atom is -0.399 e. The van der Waals surface area contributed by atoms with E-state index < -0.39 is 40.5 Å². The normalized spacial score (nSPS) is 11.5. The van der Waals surface area contributed by atoms with Gasteiger partial charge < -0.3 is 21.4 Å². The molecule has 0 aliphatic carbocycles. The van der Waals surface area contributed by atoms with E-state index >= 15 is 0 Å². The zero-order chi connectivity index (χ0) is 35.7. The fourth-order valence-corrected chi connectivity index (χ4v) is 3.07. The van der Waals surface area contributed by atoms with Crippen molar-refractivity contribution in [3.8, 4) is 22.8 Å². The van der Waals surface area contributed by atoms with Crippen LogP contribution in [0.2, 0.25) is 0 Å². The predicted octanol–water partition coefficient (Wildman–Crippen LogP) is 1.95. The van der Waals surface area contributed by atoms with Gasteiger partial charge in [-0.3, -0.25) is 18.2 Å². The molecule has 0 aliphatic rings. The van der Waals surface area contributed by atoms with Gasteiger partial charge in [-0.1, -0.05) is 0 Å². The van der Waals surface area contributed by atoms with Crippen LogP contribution in [0.4, 0.5) is 11.4 Å². The number of nitrogens with zero attached hydrogens (tertiary/aromatic N) is 2. The first kappa shape index (κ1) is 39.9. The lowest BCUT2D eigenvalue weighted by Crippen LogP contribution is -1.88. The molecule has 0 unspecified atom stereocenters.